The van der Waals surface area contributed by atoms with E-state index in [0.717, 1.165) is 84.2 Å². The Labute approximate surface area is 284 Å². The molecular formula is C45H30N4. The van der Waals surface area contributed by atoms with Crippen molar-refractivity contribution < 1.29 is 0 Å². The van der Waals surface area contributed by atoms with Crippen molar-refractivity contribution in [3.63, 3.8) is 0 Å². The van der Waals surface area contributed by atoms with Crippen LogP contribution in [0.25, 0.3) is 82.7 Å². The summed E-state index contributed by atoms with van der Waals surface area (Å²) in [4.78, 5) is 10.5. The van der Waals surface area contributed by atoms with E-state index in [1.807, 2.05) is 24.3 Å². The summed E-state index contributed by atoms with van der Waals surface area (Å²) in [5, 5.41) is 14.9. The van der Waals surface area contributed by atoms with E-state index < -0.39 is 0 Å². The molecule has 230 valence electrons. The van der Waals surface area contributed by atoms with Gasteiger partial charge in [-0.25, -0.2) is 9.97 Å². The van der Waals surface area contributed by atoms with Gasteiger partial charge in [0, 0.05) is 28.4 Å². The van der Waals surface area contributed by atoms with Gasteiger partial charge in [0.15, 0.2) is 0 Å². The van der Waals surface area contributed by atoms with E-state index >= 15 is 0 Å². The summed E-state index contributed by atoms with van der Waals surface area (Å²) in [5.74, 6) is 1.03. The molecule has 2 aromatic heterocycles. The smallest absolute Gasteiger partial charge is 0.114 e. The lowest BCUT2D eigenvalue weighted by molar-refractivity contribution is 0.908. The molecule has 0 saturated carbocycles. The second-order valence-electron chi connectivity index (χ2n) is 12.4. The highest BCUT2D eigenvalue weighted by molar-refractivity contribution is 6.20. The zero-order valence-electron chi connectivity index (χ0n) is 26.9. The highest BCUT2D eigenvalue weighted by Gasteiger charge is 2.19. The number of pyridine rings is 1. The molecule has 49 heavy (non-hydrogen) atoms. The van der Waals surface area contributed by atoms with Crippen molar-refractivity contribution in [2.75, 3.05) is 0 Å². The lowest BCUT2D eigenvalue weighted by Crippen LogP contribution is -1.99. The van der Waals surface area contributed by atoms with Gasteiger partial charge in [0.2, 0.25) is 0 Å². The summed E-state index contributed by atoms with van der Waals surface area (Å²) in [5.41, 5.74) is 11.4. The lowest BCUT2D eigenvalue weighted by atomic mass is 9.95. The molecule has 4 nitrogen and oxygen atoms in total. The fraction of sp³-hybridized carbons (Fsp3) is 0.0444. The number of hydrogen-bond acceptors (Lipinski definition) is 3. The molecule has 0 saturated heterocycles. The Kier molecular flexibility index (Phi) is 6.78. The van der Waals surface area contributed by atoms with Gasteiger partial charge in [-0.05, 0) is 86.9 Å². The zero-order valence-corrected chi connectivity index (χ0v) is 26.9. The monoisotopic (exact) mass is 626 g/mol. The molecule has 0 aliphatic carbocycles. The number of imidazole rings is 1. The van der Waals surface area contributed by atoms with Crippen LogP contribution in [0, 0.1) is 11.3 Å². The van der Waals surface area contributed by atoms with Gasteiger partial charge in [0.1, 0.15) is 5.82 Å². The second-order valence-corrected chi connectivity index (χ2v) is 12.4. The first-order valence-corrected chi connectivity index (χ1v) is 16.6. The summed E-state index contributed by atoms with van der Waals surface area (Å²) in [7, 11) is 0. The molecule has 9 rings (SSSR count). The Bertz CT molecular complexity index is 2730. The molecule has 0 N–H and O–H groups in total. The quantitative estimate of drug-likeness (QED) is 0.179. The molecule has 0 atom stereocenters. The van der Waals surface area contributed by atoms with Gasteiger partial charge in [-0.3, -0.25) is 4.57 Å². The van der Waals surface area contributed by atoms with Crippen molar-refractivity contribution in [3.05, 3.63) is 163 Å². The van der Waals surface area contributed by atoms with Gasteiger partial charge in [-0.2, -0.15) is 5.26 Å². The molecule has 4 heteroatoms. The van der Waals surface area contributed by atoms with Gasteiger partial charge in [0.05, 0.1) is 33.9 Å². The highest BCUT2D eigenvalue weighted by Crippen LogP contribution is 2.39. The molecule has 7 aromatic carbocycles. The number of para-hydroxylation sites is 2. The van der Waals surface area contributed by atoms with Crippen molar-refractivity contribution in [1.29, 1.82) is 5.26 Å². The normalized spacial score (nSPS) is 11.4. The van der Waals surface area contributed by atoms with Gasteiger partial charge in [0.25, 0.3) is 0 Å². The van der Waals surface area contributed by atoms with Crippen LogP contribution < -0.4 is 0 Å². The van der Waals surface area contributed by atoms with Crippen LogP contribution in [0.5, 0.6) is 0 Å². The molecule has 0 aliphatic rings. The standard InChI is InChI=1S/C45H30N4/c1-2-42-48-45-41(49(42)37-8-4-3-5-9-37)25-24-39-38-10-6-7-11-40(38)47-44(43(39)45)32-18-16-31(17-19-32)34-21-23-35-26-33(20-22-36(35)27-34)30-14-12-29(28-46)13-15-30/h3-27H,2H2,1H3. The molecule has 0 radical (unpaired) electrons. The summed E-state index contributed by atoms with van der Waals surface area (Å²) >= 11 is 0. The summed E-state index contributed by atoms with van der Waals surface area (Å²) in [6.45, 7) is 2.16. The Morgan fingerprint density at radius 2 is 1.18 bits per heavy atom. The number of hydrogen-bond donors (Lipinski definition) is 0. The second kappa shape index (κ2) is 11.6. The molecule has 0 fully saturated rings. The molecule has 0 aliphatic heterocycles. The fourth-order valence-corrected chi connectivity index (χ4v) is 7.11. The largest absolute Gasteiger partial charge is 0.296 e. The first-order valence-electron chi connectivity index (χ1n) is 16.6. The first kappa shape index (κ1) is 28.6. The number of benzene rings is 7. The van der Waals surface area contributed by atoms with E-state index in [1.165, 1.54) is 10.8 Å². The number of aryl methyl sites for hydroxylation is 1. The summed E-state index contributed by atoms with van der Waals surface area (Å²) in [6.07, 6.45) is 0.818. The van der Waals surface area contributed by atoms with Crippen molar-refractivity contribution in [1.82, 2.24) is 14.5 Å². The Hall–Kier alpha value is -6.57. The van der Waals surface area contributed by atoms with E-state index in [0.29, 0.717) is 5.56 Å². The van der Waals surface area contributed by atoms with Crippen molar-refractivity contribution in [2.24, 2.45) is 0 Å². The highest BCUT2D eigenvalue weighted by atomic mass is 15.1. The van der Waals surface area contributed by atoms with E-state index in [4.69, 9.17) is 15.2 Å². The molecule has 0 unspecified atom stereocenters. The van der Waals surface area contributed by atoms with Crippen LogP contribution in [0.2, 0.25) is 0 Å². The van der Waals surface area contributed by atoms with E-state index in [1.54, 1.807) is 0 Å². The molecular weight excluding hydrogens is 597 g/mol. The maximum Gasteiger partial charge on any atom is 0.114 e. The minimum Gasteiger partial charge on any atom is -0.296 e. The van der Waals surface area contributed by atoms with Gasteiger partial charge >= 0.3 is 0 Å². The Morgan fingerprint density at radius 3 is 1.86 bits per heavy atom. The number of rotatable bonds is 5. The van der Waals surface area contributed by atoms with Gasteiger partial charge in [-0.15, -0.1) is 0 Å². The maximum absolute atomic E-state index is 9.15. The summed E-state index contributed by atoms with van der Waals surface area (Å²) in [6, 6.07) is 55.2. The van der Waals surface area contributed by atoms with E-state index in [2.05, 4.69) is 145 Å². The topological polar surface area (TPSA) is 54.5 Å². The lowest BCUT2D eigenvalue weighted by Gasteiger charge is -2.13. The first-order chi connectivity index (χ1) is 24.2. The number of aromatic nitrogens is 3. The van der Waals surface area contributed by atoms with Crippen LogP contribution in [-0.4, -0.2) is 14.5 Å². The van der Waals surface area contributed by atoms with Crippen LogP contribution >= 0.6 is 0 Å². The Morgan fingerprint density at radius 1 is 0.571 bits per heavy atom. The SMILES string of the molecule is CCc1nc2c3c(-c4ccc(-c5ccc6cc(-c7ccc(C#N)cc7)ccc6c5)cc4)nc4ccccc4c3ccc2n1-c1ccccc1. The van der Waals surface area contributed by atoms with Crippen LogP contribution in [0.3, 0.4) is 0 Å². The predicted octanol–water partition coefficient (Wildman–Crippen LogP) is 11.3. The van der Waals surface area contributed by atoms with Crippen molar-refractivity contribution in [3.8, 4) is 45.3 Å². The Balaban J connectivity index is 1.15. The van der Waals surface area contributed by atoms with Crippen LogP contribution in [-0.2, 0) is 6.42 Å². The van der Waals surface area contributed by atoms with Gasteiger partial charge in [-0.1, -0.05) is 110 Å². The van der Waals surface area contributed by atoms with E-state index in [9.17, 15) is 0 Å². The fourth-order valence-electron chi connectivity index (χ4n) is 7.11. The third kappa shape index (κ3) is 4.83. The number of nitrogens with zero attached hydrogens (tertiary/aromatic N) is 4. The molecule has 0 amide bonds. The zero-order chi connectivity index (χ0) is 32.9. The van der Waals surface area contributed by atoms with E-state index in [-0.39, 0.29) is 0 Å². The molecule has 0 spiro atoms. The average molecular weight is 627 g/mol. The average Bonchev–Trinajstić information content (AvgIpc) is 3.57. The summed E-state index contributed by atoms with van der Waals surface area (Å²) < 4.78 is 2.28. The molecule has 9 aromatic rings. The minimum absolute atomic E-state index is 0.669. The van der Waals surface area contributed by atoms with Crippen molar-refractivity contribution in [2.45, 2.75) is 13.3 Å². The third-order valence-corrected chi connectivity index (χ3v) is 9.57. The molecule has 0 bridgehead atoms. The number of fused-ring (bicyclic) bond motifs is 6. The maximum atomic E-state index is 9.15. The van der Waals surface area contributed by atoms with Crippen LogP contribution in [0.1, 0.15) is 18.3 Å². The minimum atomic E-state index is 0.669. The van der Waals surface area contributed by atoms with Crippen LogP contribution in [0.4, 0.5) is 0 Å². The van der Waals surface area contributed by atoms with Crippen LogP contribution in [0.15, 0.2) is 152 Å². The third-order valence-electron chi connectivity index (χ3n) is 9.57. The molecule has 2 heterocycles. The van der Waals surface area contributed by atoms with Gasteiger partial charge < -0.3 is 0 Å². The van der Waals surface area contributed by atoms with Crippen molar-refractivity contribution >= 4 is 43.5 Å². The predicted molar refractivity (Wildman–Crippen MR) is 202 cm³/mol. The number of nitriles is 1.